The number of carboxylic acids is 1. The Hall–Kier alpha value is -0.950. The monoisotopic (exact) mass is 264 g/mol. The zero-order valence-electron chi connectivity index (χ0n) is 11.0. The summed E-state index contributed by atoms with van der Waals surface area (Å²) in [6.07, 6.45) is 2.01. The van der Waals surface area contributed by atoms with Gasteiger partial charge in [0.15, 0.2) is 0 Å². The number of epoxide rings is 1. The number of hydrogen-bond acceptors (Lipinski definition) is 5. The first-order valence-corrected chi connectivity index (χ1v) is 5.70. The molecule has 0 saturated carbocycles. The molecule has 0 spiro atoms. The predicted molar refractivity (Wildman–Crippen MR) is 67.2 cm³/mol. The maximum Gasteiger partial charge on any atom is 0.327 e. The molecule has 0 aromatic heterocycles. The van der Waals surface area contributed by atoms with Crippen molar-refractivity contribution in [2.75, 3.05) is 26.4 Å². The normalized spacial score (nSPS) is 16.6. The fraction of sp³-hybridized carbons (Fsp3) is 0.750. The fourth-order valence-corrected chi connectivity index (χ4v) is 0.582. The Labute approximate surface area is 108 Å². The third-order valence-electron chi connectivity index (χ3n) is 2.43. The van der Waals surface area contributed by atoms with Crippen LogP contribution in [0.4, 0.5) is 0 Å². The van der Waals surface area contributed by atoms with E-state index in [0.717, 1.165) is 12.7 Å². The number of aliphatic hydroxyl groups excluding tert-OH is 3. The minimum absolute atomic E-state index is 0.156. The van der Waals surface area contributed by atoms with Crippen LogP contribution in [0.2, 0.25) is 0 Å². The topological polar surface area (TPSA) is 111 Å². The van der Waals surface area contributed by atoms with E-state index in [2.05, 4.69) is 13.5 Å². The number of aliphatic carboxylic acids is 1. The van der Waals surface area contributed by atoms with Gasteiger partial charge in [-0.25, -0.2) is 4.79 Å². The van der Waals surface area contributed by atoms with E-state index in [0.29, 0.717) is 12.5 Å². The van der Waals surface area contributed by atoms with Crippen LogP contribution in [0.15, 0.2) is 12.7 Å². The molecule has 0 bridgehead atoms. The zero-order chi connectivity index (χ0) is 14.6. The van der Waals surface area contributed by atoms with Gasteiger partial charge in [0.05, 0.1) is 32.5 Å². The van der Waals surface area contributed by atoms with Gasteiger partial charge in [0, 0.05) is 11.5 Å². The molecule has 1 aliphatic heterocycles. The minimum Gasteiger partial charge on any atom is -0.478 e. The van der Waals surface area contributed by atoms with Crippen molar-refractivity contribution < 1.29 is 30.0 Å². The van der Waals surface area contributed by atoms with Gasteiger partial charge < -0.3 is 25.2 Å². The zero-order valence-corrected chi connectivity index (χ0v) is 11.0. The molecule has 1 atom stereocenters. The van der Waals surface area contributed by atoms with E-state index >= 15 is 0 Å². The van der Waals surface area contributed by atoms with Gasteiger partial charge in [-0.2, -0.15) is 0 Å². The molecule has 6 nitrogen and oxygen atoms in total. The van der Waals surface area contributed by atoms with Crippen LogP contribution in [-0.2, 0) is 9.53 Å². The van der Waals surface area contributed by atoms with Crippen molar-refractivity contribution in [3.05, 3.63) is 12.7 Å². The molecule has 6 heteroatoms. The highest BCUT2D eigenvalue weighted by Crippen LogP contribution is 2.18. The minimum atomic E-state index is -0.981. The second-order valence-electron chi connectivity index (χ2n) is 4.01. The van der Waals surface area contributed by atoms with Crippen LogP contribution in [-0.4, -0.2) is 58.9 Å². The Morgan fingerprint density at radius 3 is 1.67 bits per heavy atom. The van der Waals surface area contributed by atoms with Crippen LogP contribution >= 0.6 is 0 Å². The second kappa shape index (κ2) is 11.2. The van der Waals surface area contributed by atoms with E-state index in [9.17, 15) is 4.79 Å². The van der Waals surface area contributed by atoms with E-state index in [1.807, 2.05) is 6.92 Å². The quantitative estimate of drug-likeness (QED) is 0.411. The van der Waals surface area contributed by atoms with Gasteiger partial charge in [-0.1, -0.05) is 13.5 Å². The first kappa shape index (κ1) is 19.4. The molecule has 1 aliphatic rings. The second-order valence-corrected chi connectivity index (χ2v) is 4.01. The highest BCUT2D eigenvalue weighted by Gasteiger charge is 2.24. The van der Waals surface area contributed by atoms with Crippen molar-refractivity contribution >= 4 is 5.97 Å². The van der Waals surface area contributed by atoms with Crippen molar-refractivity contribution in [3.8, 4) is 0 Å². The summed E-state index contributed by atoms with van der Waals surface area (Å²) < 4.78 is 4.71. The lowest BCUT2D eigenvalue weighted by molar-refractivity contribution is -0.131. The molecule has 1 rings (SSSR count). The summed E-state index contributed by atoms with van der Waals surface area (Å²) in [6, 6.07) is 0. The first-order valence-electron chi connectivity index (χ1n) is 5.70. The molecule has 1 saturated heterocycles. The molecular formula is C12H24O6. The Bertz CT molecular complexity index is 203. The van der Waals surface area contributed by atoms with E-state index in [4.69, 9.17) is 25.2 Å². The van der Waals surface area contributed by atoms with Gasteiger partial charge >= 0.3 is 5.97 Å². The van der Waals surface area contributed by atoms with Gasteiger partial charge in [0.1, 0.15) is 0 Å². The molecule has 1 fully saturated rings. The van der Waals surface area contributed by atoms with Gasteiger partial charge in [0.25, 0.3) is 0 Å². The molecule has 0 radical (unpaired) electrons. The molecule has 0 aromatic carbocycles. The maximum absolute atomic E-state index is 9.25. The number of carbonyl (C=O) groups is 1. The van der Waals surface area contributed by atoms with Gasteiger partial charge in [-0.15, -0.1) is 0 Å². The summed E-state index contributed by atoms with van der Waals surface area (Å²) in [5.41, 5.74) is -0.667. The van der Waals surface area contributed by atoms with Gasteiger partial charge in [-0.3, -0.25) is 0 Å². The van der Waals surface area contributed by atoms with Crippen LogP contribution < -0.4 is 0 Å². The van der Waals surface area contributed by atoms with Crippen molar-refractivity contribution in [2.45, 2.75) is 26.4 Å². The van der Waals surface area contributed by atoms with Crippen LogP contribution in [0.5, 0.6) is 0 Å². The summed E-state index contributed by atoms with van der Waals surface area (Å²) in [5.74, 6) is -0.981. The molecule has 0 aromatic rings. The Morgan fingerprint density at radius 2 is 1.67 bits per heavy atom. The van der Waals surface area contributed by atoms with Crippen molar-refractivity contribution in [1.29, 1.82) is 0 Å². The smallest absolute Gasteiger partial charge is 0.327 e. The lowest BCUT2D eigenvalue weighted by Gasteiger charge is -2.24. The van der Waals surface area contributed by atoms with Crippen molar-refractivity contribution in [2.24, 2.45) is 5.41 Å². The largest absolute Gasteiger partial charge is 0.478 e. The highest BCUT2D eigenvalue weighted by molar-refractivity contribution is 5.78. The lowest BCUT2D eigenvalue weighted by Crippen LogP contribution is -2.32. The maximum atomic E-state index is 9.25. The van der Waals surface area contributed by atoms with Crippen LogP contribution in [0.1, 0.15) is 20.3 Å². The molecule has 0 amide bonds. The standard InChI is InChI=1S/C6H14O3.C3H4O2.C3H6O/c1-2-6(3-7,4-8)5-9;1-2-3(4)5;1-3-2-4-3/h7-9H,2-5H2,1H3;2H,1H2,(H,4,5);3H,2H2,1H3. The molecule has 0 aliphatic carbocycles. The fourth-order valence-electron chi connectivity index (χ4n) is 0.582. The van der Waals surface area contributed by atoms with E-state index in [1.165, 1.54) is 0 Å². The average molecular weight is 264 g/mol. The SMILES string of the molecule is C=CC(=O)O.CC1CO1.CCC(CO)(CO)CO. The van der Waals surface area contributed by atoms with E-state index < -0.39 is 11.4 Å². The predicted octanol–water partition coefficient (Wildman–Crippen LogP) is 0.0218. The summed E-state index contributed by atoms with van der Waals surface area (Å²) in [4.78, 5) is 9.25. The average Bonchev–Trinajstić information content (AvgIpc) is 3.17. The molecule has 1 unspecified atom stereocenters. The third kappa shape index (κ3) is 11.5. The van der Waals surface area contributed by atoms with Crippen LogP contribution in [0.3, 0.4) is 0 Å². The van der Waals surface area contributed by atoms with Gasteiger partial charge in [0.2, 0.25) is 0 Å². The number of ether oxygens (including phenoxy) is 1. The van der Waals surface area contributed by atoms with Crippen molar-refractivity contribution in [3.63, 3.8) is 0 Å². The Kier molecular flexibility index (Phi) is 12.0. The molecular weight excluding hydrogens is 240 g/mol. The van der Waals surface area contributed by atoms with Crippen LogP contribution in [0, 0.1) is 5.41 Å². The third-order valence-corrected chi connectivity index (χ3v) is 2.43. The highest BCUT2D eigenvalue weighted by atomic mass is 16.6. The molecule has 108 valence electrons. The van der Waals surface area contributed by atoms with Crippen LogP contribution in [0.25, 0.3) is 0 Å². The number of hydrogen-bond donors (Lipinski definition) is 4. The number of aliphatic hydroxyl groups is 3. The molecule has 1 heterocycles. The lowest BCUT2D eigenvalue weighted by atomic mass is 9.88. The van der Waals surface area contributed by atoms with Gasteiger partial charge in [-0.05, 0) is 13.3 Å². The summed E-state index contributed by atoms with van der Waals surface area (Å²) >= 11 is 0. The Balaban J connectivity index is 0. The first-order chi connectivity index (χ1) is 8.41. The molecule has 4 N–H and O–H groups in total. The number of carboxylic acid groups (broad SMARTS) is 1. The summed E-state index contributed by atoms with van der Waals surface area (Å²) in [7, 11) is 0. The summed E-state index contributed by atoms with van der Waals surface area (Å²) in [6.45, 7) is 7.36. The summed E-state index contributed by atoms with van der Waals surface area (Å²) in [5, 5.41) is 33.6. The Morgan fingerprint density at radius 1 is 1.39 bits per heavy atom. The van der Waals surface area contributed by atoms with Crippen molar-refractivity contribution in [1.82, 2.24) is 0 Å². The number of rotatable bonds is 5. The van der Waals surface area contributed by atoms with E-state index in [-0.39, 0.29) is 19.8 Å². The molecule has 18 heavy (non-hydrogen) atoms. The van der Waals surface area contributed by atoms with E-state index in [1.54, 1.807) is 0 Å².